The molecule has 19 heavy (non-hydrogen) atoms. The molecule has 1 N–H and O–H groups in total. The zero-order valence-corrected chi connectivity index (χ0v) is 13.1. The standard InChI is InChI=1S/C18H33N/c1-17(2)9-5-6-16(14-17)19-15-7-12-18(13-8-15)10-3-4-11-18/h15-16,19H,3-14H2,1-2H3. The van der Waals surface area contributed by atoms with Crippen LogP contribution in [0.1, 0.15) is 90.9 Å². The lowest BCUT2D eigenvalue weighted by Gasteiger charge is -2.42. The molecule has 1 unspecified atom stereocenters. The van der Waals surface area contributed by atoms with Gasteiger partial charge in [-0.1, -0.05) is 33.1 Å². The molecule has 0 aromatic carbocycles. The van der Waals surface area contributed by atoms with Crippen molar-refractivity contribution in [3.05, 3.63) is 0 Å². The van der Waals surface area contributed by atoms with E-state index in [1.807, 2.05) is 0 Å². The van der Waals surface area contributed by atoms with E-state index < -0.39 is 0 Å². The minimum Gasteiger partial charge on any atom is -0.311 e. The van der Waals surface area contributed by atoms with Gasteiger partial charge in [0.2, 0.25) is 0 Å². The molecule has 0 heterocycles. The Morgan fingerprint density at radius 2 is 1.42 bits per heavy atom. The van der Waals surface area contributed by atoms with Crippen molar-refractivity contribution in [2.24, 2.45) is 10.8 Å². The highest BCUT2D eigenvalue weighted by Gasteiger charge is 2.38. The maximum absolute atomic E-state index is 4.02. The number of nitrogens with one attached hydrogen (secondary N) is 1. The van der Waals surface area contributed by atoms with E-state index in [9.17, 15) is 0 Å². The number of hydrogen-bond donors (Lipinski definition) is 1. The summed E-state index contributed by atoms with van der Waals surface area (Å²) in [5, 5.41) is 4.02. The molecule has 1 atom stereocenters. The molecule has 0 radical (unpaired) electrons. The van der Waals surface area contributed by atoms with Crippen molar-refractivity contribution in [3.63, 3.8) is 0 Å². The first-order valence-corrected chi connectivity index (χ1v) is 8.83. The van der Waals surface area contributed by atoms with Gasteiger partial charge < -0.3 is 5.32 Å². The van der Waals surface area contributed by atoms with Gasteiger partial charge in [-0.3, -0.25) is 0 Å². The zero-order chi connectivity index (χ0) is 13.3. The minimum atomic E-state index is 0.581. The van der Waals surface area contributed by atoms with Gasteiger partial charge in [0.05, 0.1) is 0 Å². The van der Waals surface area contributed by atoms with E-state index in [1.54, 1.807) is 0 Å². The van der Waals surface area contributed by atoms with Gasteiger partial charge >= 0.3 is 0 Å². The van der Waals surface area contributed by atoms with E-state index in [4.69, 9.17) is 0 Å². The third kappa shape index (κ3) is 3.35. The normalized spacial score (nSPS) is 34.7. The van der Waals surface area contributed by atoms with E-state index in [0.29, 0.717) is 5.41 Å². The van der Waals surface area contributed by atoms with Gasteiger partial charge in [-0.05, 0) is 68.6 Å². The Labute approximate surface area is 119 Å². The second kappa shape index (κ2) is 5.39. The van der Waals surface area contributed by atoms with Crippen LogP contribution in [0.2, 0.25) is 0 Å². The predicted molar refractivity (Wildman–Crippen MR) is 82.3 cm³/mol. The Morgan fingerprint density at radius 3 is 2.05 bits per heavy atom. The Balaban J connectivity index is 1.47. The van der Waals surface area contributed by atoms with E-state index in [2.05, 4.69) is 19.2 Å². The quantitative estimate of drug-likeness (QED) is 0.735. The highest BCUT2D eigenvalue weighted by molar-refractivity contribution is 4.93. The largest absolute Gasteiger partial charge is 0.311 e. The molecule has 0 aromatic rings. The molecule has 3 saturated carbocycles. The van der Waals surface area contributed by atoms with Crippen molar-refractivity contribution in [3.8, 4) is 0 Å². The molecule has 0 bridgehead atoms. The van der Waals surface area contributed by atoms with Crippen LogP contribution in [0.4, 0.5) is 0 Å². The van der Waals surface area contributed by atoms with Gasteiger partial charge in [-0.25, -0.2) is 0 Å². The summed E-state index contributed by atoms with van der Waals surface area (Å²) in [5.41, 5.74) is 1.38. The fourth-order valence-corrected chi connectivity index (χ4v) is 5.20. The van der Waals surface area contributed by atoms with Gasteiger partial charge in [-0.2, -0.15) is 0 Å². The molecule has 0 saturated heterocycles. The zero-order valence-electron chi connectivity index (χ0n) is 13.1. The second-order valence-electron chi connectivity index (χ2n) is 8.61. The Hall–Kier alpha value is -0.0400. The van der Waals surface area contributed by atoms with Crippen molar-refractivity contribution < 1.29 is 0 Å². The van der Waals surface area contributed by atoms with Crippen molar-refractivity contribution >= 4 is 0 Å². The van der Waals surface area contributed by atoms with Crippen LogP contribution in [0.25, 0.3) is 0 Å². The fraction of sp³-hybridized carbons (Fsp3) is 1.00. The molecule has 3 aliphatic carbocycles. The minimum absolute atomic E-state index is 0.581. The van der Waals surface area contributed by atoms with Crippen molar-refractivity contribution in [2.45, 2.75) is 103 Å². The Bertz CT molecular complexity index is 291. The molecule has 0 amide bonds. The summed E-state index contributed by atoms with van der Waals surface area (Å²) in [6, 6.07) is 1.65. The van der Waals surface area contributed by atoms with Gasteiger partial charge in [0.15, 0.2) is 0 Å². The number of rotatable bonds is 2. The molecular formula is C18H33N. The van der Waals surface area contributed by atoms with Gasteiger partial charge in [-0.15, -0.1) is 0 Å². The average Bonchev–Trinajstić information content (AvgIpc) is 2.80. The molecule has 0 aliphatic heterocycles. The van der Waals surface area contributed by atoms with Crippen LogP contribution in [-0.2, 0) is 0 Å². The van der Waals surface area contributed by atoms with Gasteiger partial charge in [0.1, 0.15) is 0 Å². The maximum Gasteiger partial charge on any atom is 0.00747 e. The second-order valence-corrected chi connectivity index (χ2v) is 8.61. The highest BCUT2D eigenvalue weighted by atomic mass is 15.0. The van der Waals surface area contributed by atoms with Crippen LogP contribution in [-0.4, -0.2) is 12.1 Å². The lowest BCUT2D eigenvalue weighted by molar-refractivity contribution is 0.138. The van der Waals surface area contributed by atoms with Crippen LogP contribution in [0.3, 0.4) is 0 Å². The Kier molecular flexibility index (Phi) is 3.95. The van der Waals surface area contributed by atoms with E-state index in [-0.39, 0.29) is 0 Å². The summed E-state index contributed by atoms with van der Waals surface area (Å²) in [5.74, 6) is 0. The summed E-state index contributed by atoms with van der Waals surface area (Å²) in [6.45, 7) is 4.91. The third-order valence-corrected chi connectivity index (χ3v) is 6.39. The van der Waals surface area contributed by atoms with Crippen LogP contribution >= 0.6 is 0 Å². The molecule has 110 valence electrons. The van der Waals surface area contributed by atoms with Crippen LogP contribution in [0.15, 0.2) is 0 Å². The average molecular weight is 263 g/mol. The lowest BCUT2D eigenvalue weighted by atomic mass is 9.70. The van der Waals surface area contributed by atoms with E-state index >= 15 is 0 Å². The first-order chi connectivity index (χ1) is 9.07. The summed E-state index contributed by atoms with van der Waals surface area (Å²) in [4.78, 5) is 0. The molecule has 3 fully saturated rings. The Morgan fingerprint density at radius 1 is 0.737 bits per heavy atom. The molecule has 1 nitrogen and oxygen atoms in total. The summed E-state index contributed by atoms with van der Waals surface area (Å²) in [6.07, 6.45) is 17.7. The third-order valence-electron chi connectivity index (χ3n) is 6.39. The van der Waals surface area contributed by atoms with E-state index in [1.165, 1.54) is 77.0 Å². The highest BCUT2D eigenvalue weighted by Crippen LogP contribution is 2.49. The predicted octanol–water partition coefficient (Wildman–Crippen LogP) is 5.05. The molecule has 1 heteroatoms. The molecular weight excluding hydrogens is 230 g/mol. The van der Waals surface area contributed by atoms with Crippen LogP contribution < -0.4 is 5.32 Å². The smallest absolute Gasteiger partial charge is 0.00747 e. The van der Waals surface area contributed by atoms with Crippen LogP contribution in [0.5, 0.6) is 0 Å². The maximum atomic E-state index is 4.02. The lowest BCUT2D eigenvalue weighted by Crippen LogP contribution is -2.45. The topological polar surface area (TPSA) is 12.0 Å². The SMILES string of the molecule is CC1(C)CCCC(NC2CCC3(CCCC3)CC2)C1. The molecule has 0 aromatic heterocycles. The summed E-state index contributed by atoms with van der Waals surface area (Å²) >= 11 is 0. The number of hydrogen-bond acceptors (Lipinski definition) is 1. The fourth-order valence-electron chi connectivity index (χ4n) is 5.20. The van der Waals surface area contributed by atoms with Gasteiger partial charge in [0.25, 0.3) is 0 Å². The molecule has 3 rings (SSSR count). The molecule has 3 aliphatic rings. The first-order valence-electron chi connectivity index (χ1n) is 8.83. The summed E-state index contributed by atoms with van der Waals surface area (Å²) < 4.78 is 0. The monoisotopic (exact) mass is 263 g/mol. The summed E-state index contributed by atoms with van der Waals surface area (Å²) in [7, 11) is 0. The van der Waals surface area contributed by atoms with Crippen LogP contribution in [0, 0.1) is 10.8 Å². The van der Waals surface area contributed by atoms with Gasteiger partial charge in [0, 0.05) is 12.1 Å². The van der Waals surface area contributed by atoms with E-state index in [0.717, 1.165) is 17.5 Å². The van der Waals surface area contributed by atoms with Crippen molar-refractivity contribution in [1.29, 1.82) is 0 Å². The van der Waals surface area contributed by atoms with Crippen molar-refractivity contribution in [1.82, 2.24) is 5.32 Å². The van der Waals surface area contributed by atoms with Crippen molar-refractivity contribution in [2.75, 3.05) is 0 Å². The first kappa shape index (κ1) is 13.9. The molecule has 1 spiro atoms.